The van der Waals surface area contributed by atoms with Gasteiger partial charge in [-0.2, -0.15) is 5.10 Å². The van der Waals surface area contributed by atoms with Crippen LogP contribution in [-0.4, -0.2) is 34.7 Å². The van der Waals surface area contributed by atoms with Crippen molar-refractivity contribution in [1.82, 2.24) is 15.5 Å². The molecule has 2 aliphatic rings. The summed E-state index contributed by atoms with van der Waals surface area (Å²) in [5.74, 6) is 0.983. The van der Waals surface area contributed by atoms with Gasteiger partial charge in [-0.25, -0.2) is 0 Å². The molecule has 102 valence electrons. The summed E-state index contributed by atoms with van der Waals surface area (Å²) in [6.45, 7) is 4.87. The Kier molecular flexibility index (Phi) is 3.12. The molecule has 2 heterocycles. The van der Waals surface area contributed by atoms with E-state index in [1.165, 1.54) is 0 Å². The predicted octanol–water partition coefficient (Wildman–Crippen LogP) is 1.34. The Morgan fingerprint density at radius 3 is 2.79 bits per heavy atom. The number of carbonyl (C=O) groups is 1. The number of nitrogens with zero attached hydrogens (tertiary/aromatic N) is 3. The molecule has 1 saturated carbocycles. The summed E-state index contributed by atoms with van der Waals surface area (Å²) in [5.41, 5.74) is 2.07. The topological polar surface area (TPSA) is 58.1 Å². The fourth-order valence-corrected chi connectivity index (χ4v) is 2.51. The van der Waals surface area contributed by atoms with Crippen LogP contribution in [0.2, 0.25) is 0 Å². The summed E-state index contributed by atoms with van der Waals surface area (Å²) >= 11 is 0. The highest BCUT2D eigenvalue weighted by Gasteiger charge is 2.34. The summed E-state index contributed by atoms with van der Waals surface area (Å²) in [7, 11) is 0. The lowest BCUT2D eigenvalue weighted by Gasteiger charge is -2.24. The van der Waals surface area contributed by atoms with Crippen molar-refractivity contribution in [2.24, 2.45) is 0 Å². The van der Waals surface area contributed by atoms with Crippen molar-refractivity contribution in [1.29, 1.82) is 0 Å². The molecule has 1 aliphatic heterocycles. The van der Waals surface area contributed by atoms with Gasteiger partial charge in [-0.05, 0) is 51.2 Å². The van der Waals surface area contributed by atoms with Crippen LogP contribution in [0.5, 0.6) is 0 Å². The molecular weight excluding hydrogens is 240 g/mol. The molecule has 0 aromatic carbocycles. The van der Waals surface area contributed by atoms with Gasteiger partial charge in [-0.15, -0.1) is 5.10 Å². The first-order valence-corrected chi connectivity index (χ1v) is 7.03. The van der Waals surface area contributed by atoms with Crippen molar-refractivity contribution in [3.63, 3.8) is 0 Å². The summed E-state index contributed by atoms with van der Waals surface area (Å²) in [5, 5.41) is 11.5. The molecule has 5 heteroatoms. The van der Waals surface area contributed by atoms with E-state index in [-0.39, 0.29) is 11.9 Å². The van der Waals surface area contributed by atoms with Gasteiger partial charge in [-0.1, -0.05) is 0 Å². The van der Waals surface area contributed by atoms with E-state index in [9.17, 15) is 4.79 Å². The minimum absolute atomic E-state index is 0.0722. The Balaban J connectivity index is 1.77. The minimum atomic E-state index is -0.0722. The minimum Gasteiger partial charge on any atom is -0.352 e. The Morgan fingerprint density at radius 2 is 2.11 bits per heavy atom. The lowest BCUT2D eigenvalue weighted by molar-refractivity contribution is -0.122. The third-order valence-corrected chi connectivity index (χ3v) is 3.99. The van der Waals surface area contributed by atoms with Crippen molar-refractivity contribution in [2.45, 2.75) is 51.6 Å². The molecule has 1 N–H and O–H groups in total. The van der Waals surface area contributed by atoms with Crippen LogP contribution in [0.1, 0.15) is 36.9 Å². The number of carbonyl (C=O) groups excluding carboxylic acids is 1. The molecule has 3 rings (SSSR count). The molecule has 1 saturated heterocycles. The second-order valence-corrected chi connectivity index (χ2v) is 5.61. The number of hydrogen-bond acceptors (Lipinski definition) is 4. The molecule has 1 aromatic heterocycles. The molecule has 1 amide bonds. The van der Waals surface area contributed by atoms with Crippen molar-refractivity contribution >= 4 is 11.7 Å². The second-order valence-electron chi connectivity index (χ2n) is 5.61. The summed E-state index contributed by atoms with van der Waals surface area (Å²) in [4.78, 5) is 14.3. The first-order valence-electron chi connectivity index (χ1n) is 7.03. The summed E-state index contributed by atoms with van der Waals surface area (Å²) in [6, 6.07) is 2.38. The fourth-order valence-electron chi connectivity index (χ4n) is 2.51. The lowest BCUT2D eigenvalue weighted by atomic mass is 10.2. The largest absolute Gasteiger partial charge is 0.352 e. The van der Waals surface area contributed by atoms with Crippen LogP contribution in [0.25, 0.3) is 0 Å². The van der Waals surface area contributed by atoms with Crippen molar-refractivity contribution in [3.8, 4) is 0 Å². The zero-order chi connectivity index (χ0) is 13.4. The fraction of sp³-hybridized carbons (Fsp3) is 0.643. The van der Waals surface area contributed by atoms with Crippen LogP contribution in [0.3, 0.4) is 0 Å². The zero-order valence-corrected chi connectivity index (χ0v) is 11.5. The number of aromatic nitrogens is 2. The molecular formula is C14H20N4O. The molecule has 5 nitrogen and oxygen atoms in total. The monoisotopic (exact) mass is 260 g/mol. The van der Waals surface area contributed by atoms with Gasteiger partial charge in [0.15, 0.2) is 5.82 Å². The Morgan fingerprint density at radius 1 is 1.32 bits per heavy atom. The maximum Gasteiger partial charge on any atom is 0.242 e. The van der Waals surface area contributed by atoms with Crippen LogP contribution in [0.4, 0.5) is 5.82 Å². The van der Waals surface area contributed by atoms with E-state index in [0.717, 1.165) is 49.3 Å². The van der Waals surface area contributed by atoms with E-state index in [1.54, 1.807) is 0 Å². The molecule has 0 spiro atoms. The van der Waals surface area contributed by atoms with Gasteiger partial charge in [0.05, 0.1) is 5.69 Å². The Labute approximate surface area is 113 Å². The zero-order valence-electron chi connectivity index (χ0n) is 11.5. The average Bonchev–Trinajstić information content (AvgIpc) is 3.06. The van der Waals surface area contributed by atoms with Gasteiger partial charge in [0, 0.05) is 12.6 Å². The number of nitrogens with one attached hydrogen (secondary N) is 1. The Bertz CT molecular complexity index is 498. The number of aryl methyl sites for hydroxylation is 2. The maximum absolute atomic E-state index is 12.2. The number of anilines is 1. The average molecular weight is 260 g/mol. The normalized spacial score (nSPS) is 22.6. The molecule has 19 heavy (non-hydrogen) atoms. The van der Waals surface area contributed by atoms with Gasteiger partial charge in [0.25, 0.3) is 0 Å². The van der Waals surface area contributed by atoms with E-state index < -0.39 is 0 Å². The van der Waals surface area contributed by atoms with E-state index in [4.69, 9.17) is 0 Å². The van der Waals surface area contributed by atoms with Crippen LogP contribution in [0, 0.1) is 13.8 Å². The van der Waals surface area contributed by atoms with Crippen molar-refractivity contribution < 1.29 is 4.79 Å². The number of amides is 1. The number of hydrogen-bond donors (Lipinski definition) is 1. The standard InChI is InChI=1S/C14H20N4O/c1-9-8-13(17-16-10(9)2)18-7-3-4-12(18)14(19)15-11-5-6-11/h8,11-12H,3-7H2,1-2H3,(H,15,19). The molecule has 2 fully saturated rings. The third-order valence-electron chi connectivity index (χ3n) is 3.99. The smallest absolute Gasteiger partial charge is 0.242 e. The van der Waals surface area contributed by atoms with E-state index in [2.05, 4.69) is 20.4 Å². The molecule has 1 aromatic rings. The Hall–Kier alpha value is -1.65. The highest BCUT2D eigenvalue weighted by Crippen LogP contribution is 2.26. The van der Waals surface area contributed by atoms with E-state index >= 15 is 0 Å². The van der Waals surface area contributed by atoms with Crippen LogP contribution in [-0.2, 0) is 4.79 Å². The van der Waals surface area contributed by atoms with Crippen molar-refractivity contribution in [2.75, 3.05) is 11.4 Å². The first kappa shape index (κ1) is 12.4. The van der Waals surface area contributed by atoms with Gasteiger partial charge in [0.1, 0.15) is 6.04 Å². The number of rotatable bonds is 3. The SMILES string of the molecule is Cc1cc(N2CCCC2C(=O)NC2CC2)nnc1C. The van der Waals surface area contributed by atoms with Crippen LogP contribution in [0.15, 0.2) is 6.07 Å². The molecule has 0 radical (unpaired) electrons. The third kappa shape index (κ3) is 2.55. The van der Waals surface area contributed by atoms with Gasteiger partial charge < -0.3 is 10.2 Å². The quantitative estimate of drug-likeness (QED) is 0.891. The van der Waals surface area contributed by atoms with Crippen LogP contribution < -0.4 is 10.2 Å². The van der Waals surface area contributed by atoms with Crippen LogP contribution >= 0.6 is 0 Å². The van der Waals surface area contributed by atoms with Gasteiger partial charge in [0.2, 0.25) is 5.91 Å². The van der Waals surface area contributed by atoms with Crippen molar-refractivity contribution in [3.05, 3.63) is 17.3 Å². The molecule has 1 atom stereocenters. The van der Waals surface area contributed by atoms with Gasteiger partial charge in [-0.3, -0.25) is 4.79 Å². The second kappa shape index (κ2) is 4.79. The molecule has 0 bridgehead atoms. The summed E-state index contributed by atoms with van der Waals surface area (Å²) < 4.78 is 0. The van der Waals surface area contributed by atoms with E-state index in [0.29, 0.717) is 6.04 Å². The molecule has 1 aliphatic carbocycles. The first-order chi connectivity index (χ1) is 9.15. The highest BCUT2D eigenvalue weighted by molar-refractivity contribution is 5.86. The lowest BCUT2D eigenvalue weighted by Crippen LogP contribution is -2.44. The highest BCUT2D eigenvalue weighted by atomic mass is 16.2. The predicted molar refractivity (Wildman–Crippen MR) is 73.0 cm³/mol. The van der Waals surface area contributed by atoms with Gasteiger partial charge >= 0.3 is 0 Å². The maximum atomic E-state index is 12.2. The van der Waals surface area contributed by atoms with E-state index in [1.807, 2.05) is 19.9 Å². The molecule has 1 unspecified atom stereocenters. The summed E-state index contributed by atoms with van der Waals surface area (Å²) in [6.07, 6.45) is 4.20.